The van der Waals surface area contributed by atoms with Crippen molar-refractivity contribution in [1.29, 1.82) is 0 Å². The Kier molecular flexibility index (Phi) is 8.72. The number of hydrogen-bond donors (Lipinski definition) is 2. The molecule has 0 fully saturated rings. The number of aromatic carboxylic acids is 1. The van der Waals surface area contributed by atoms with Crippen LogP contribution in [-0.2, 0) is 20.1 Å². The monoisotopic (exact) mass is 514 g/mol. The Morgan fingerprint density at radius 2 is 1.59 bits per heavy atom. The highest BCUT2D eigenvalue weighted by Gasteiger charge is 2.23. The van der Waals surface area contributed by atoms with Crippen LogP contribution >= 0.6 is 0 Å². The number of hydrogen-bond acceptors (Lipinski definition) is 8. The van der Waals surface area contributed by atoms with Gasteiger partial charge in [-0.2, -0.15) is 12.7 Å². The SMILES string of the molecule is CCN(N=Nc1cc(S(=O)(=O)N(CC)CC)ccc1OC)c1ccc(S(=O)(=O)O)cc1C(=O)O. The molecule has 14 heteroatoms. The van der Waals surface area contributed by atoms with Crippen LogP contribution in [0, 0.1) is 0 Å². The van der Waals surface area contributed by atoms with Crippen LogP contribution in [0.4, 0.5) is 11.4 Å². The molecule has 0 aromatic heterocycles. The first-order valence-electron chi connectivity index (χ1n) is 10.1. The number of carboxylic acids is 1. The van der Waals surface area contributed by atoms with Crippen LogP contribution in [0.3, 0.4) is 0 Å². The molecule has 2 N–H and O–H groups in total. The second kappa shape index (κ2) is 10.9. The molecule has 0 aliphatic heterocycles. The van der Waals surface area contributed by atoms with Crippen LogP contribution in [-0.4, -0.2) is 63.5 Å². The van der Waals surface area contributed by atoms with Crippen LogP contribution in [0.1, 0.15) is 31.1 Å². The van der Waals surface area contributed by atoms with E-state index in [2.05, 4.69) is 10.3 Å². The average Bonchev–Trinajstić information content (AvgIpc) is 2.79. The Morgan fingerprint density at radius 3 is 2.09 bits per heavy atom. The van der Waals surface area contributed by atoms with E-state index in [1.54, 1.807) is 20.8 Å². The topological polar surface area (TPSA) is 166 Å². The van der Waals surface area contributed by atoms with Crippen LogP contribution in [0.15, 0.2) is 56.5 Å². The van der Waals surface area contributed by atoms with Gasteiger partial charge in [0.25, 0.3) is 10.1 Å². The summed E-state index contributed by atoms with van der Waals surface area (Å²) in [4.78, 5) is 11.1. The maximum Gasteiger partial charge on any atom is 0.337 e. The van der Waals surface area contributed by atoms with Crippen molar-refractivity contribution in [2.45, 2.75) is 30.6 Å². The zero-order valence-corrected chi connectivity index (χ0v) is 20.7. The van der Waals surface area contributed by atoms with Gasteiger partial charge < -0.3 is 9.84 Å². The second-order valence-electron chi connectivity index (χ2n) is 6.79. The minimum atomic E-state index is -4.62. The van der Waals surface area contributed by atoms with Crippen molar-refractivity contribution >= 4 is 37.5 Å². The molecule has 2 rings (SSSR count). The molecule has 0 aliphatic rings. The predicted molar refractivity (Wildman–Crippen MR) is 124 cm³/mol. The maximum absolute atomic E-state index is 12.9. The Balaban J connectivity index is 2.56. The van der Waals surface area contributed by atoms with Gasteiger partial charge in [-0.25, -0.2) is 18.2 Å². The number of anilines is 1. The summed E-state index contributed by atoms with van der Waals surface area (Å²) in [6.07, 6.45) is 0. The zero-order chi connectivity index (χ0) is 25.7. The molecule has 0 aliphatic carbocycles. The molecule has 12 nitrogen and oxygen atoms in total. The second-order valence-corrected chi connectivity index (χ2v) is 10.1. The molecule has 0 bridgehead atoms. The molecule has 2 aromatic rings. The first-order chi connectivity index (χ1) is 15.9. The highest BCUT2D eigenvalue weighted by atomic mass is 32.2. The normalized spacial score (nSPS) is 12.3. The zero-order valence-electron chi connectivity index (χ0n) is 19.0. The molecule has 0 unspecified atom stereocenters. The van der Waals surface area contributed by atoms with E-state index in [0.717, 1.165) is 12.1 Å². The Labute approximate surface area is 198 Å². The van der Waals surface area contributed by atoms with Gasteiger partial charge in [-0.1, -0.05) is 19.1 Å². The quantitative estimate of drug-likeness (QED) is 0.260. The van der Waals surface area contributed by atoms with Gasteiger partial charge in [0.1, 0.15) is 11.4 Å². The third-order valence-electron chi connectivity index (χ3n) is 4.83. The smallest absolute Gasteiger partial charge is 0.337 e. The lowest BCUT2D eigenvalue weighted by Gasteiger charge is -2.19. The van der Waals surface area contributed by atoms with E-state index < -0.39 is 36.6 Å². The van der Waals surface area contributed by atoms with E-state index in [1.165, 1.54) is 40.7 Å². The van der Waals surface area contributed by atoms with Crippen molar-refractivity contribution in [1.82, 2.24) is 4.31 Å². The summed E-state index contributed by atoms with van der Waals surface area (Å²) in [6, 6.07) is 7.14. The first kappa shape index (κ1) is 27.2. The minimum absolute atomic E-state index is 0.0111. The molecular formula is C20H26N4O8S2. The van der Waals surface area contributed by atoms with E-state index in [1.807, 2.05) is 0 Å². The molecule has 186 valence electrons. The summed E-state index contributed by atoms with van der Waals surface area (Å²) in [6.45, 7) is 5.79. The third kappa shape index (κ3) is 5.88. The van der Waals surface area contributed by atoms with Crippen LogP contribution in [0.2, 0.25) is 0 Å². The van der Waals surface area contributed by atoms with Crippen LogP contribution in [0.5, 0.6) is 5.75 Å². The molecule has 0 atom stereocenters. The highest BCUT2D eigenvalue weighted by molar-refractivity contribution is 7.89. The molecule has 0 heterocycles. The highest BCUT2D eigenvalue weighted by Crippen LogP contribution is 2.33. The lowest BCUT2D eigenvalue weighted by molar-refractivity contribution is 0.0697. The third-order valence-corrected chi connectivity index (χ3v) is 7.72. The van der Waals surface area contributed by atoms with Gasteiger partial charge in [-0.15, -0.1) is 5.11 Å². The van der Waals surface area contributed by atoms with Gasteiger partial charge in [-0.3, -0.25) is 4.55 Å². The Hall–Kier alpha value is -3.07. The Bertz CT molecular complexity index is 1290. The van der Waals surface area contributed by atoms with Crippen molar-refractivity contribution in [2.24, 2.45) is 10.3 Å². The molecule has 34 heavy (non-hydrogen) atoms. The standard InChI is InChI=1S/C20H26N4O8S2/c1-5-23(6-2)33(27,28)14-9-11-19(32-4)17(13-14)21-22-24(7-3)18-10-8-15(34(29,30)31)12-16(18)20(25)26/h8-13H,5-7H2,1-4H3,(H,25,26)(H,29,30,31). The van der Waals surface area contributed by atoms with Crippen molar-refractivity contribution in [3.05, 3.63) is 42.0 Å². The fourth-order valence-corrected chi connectivity index (χ4v) is 5.06. The summed E-state index contributed by atoms with van der Waals surface area (Å²) in [5.74, 6) is -1.21. The van der Waals surface area contributed by atoms with E-state index in [4.69, 9.17) is 4.74 Å². The van der Waals surface area contributed by atoms with E-state index in [-0.39, 0.29) is 41.7 Å². The molecule has 0 saturated carbocycles. The summed E-state index contributed by atoms with van der Waals surface area (Å²) in [5, 5.41) is 18.8. The van der Waals surface area contributed by atoms with Crippen molar-refractivity contribution in [2.75, 3.05) is 31.8 Å². The van der Waals surface area contributed by atoms with Gasteiger partial charge in [0.05, 0.1) is 28.2 Å². The molecule has 0 spiro atoms. The van der Waals surface area contributed by atoms with E-state index in [9.17, 15) is 31.3 Å². The number of sulfonamides is 1. The van der Waals surface area contributed by atoms with Crippen molar-refractivity contribution in [3.8, 4) is 5.75 Å². The minimum Gasteiger partial charge on any atom is -0.494 e. The number of ether oxygens (including phenoxy) is 1. The summed E-state index contributed by atoms with van der Waals surface area (Å²) >= 11 is 0. The van der Waals surface area contributed by atoms with Crippen LogP contribution in [0.25, 0.3) is 0 Å². The van der Waals surface area contributed by atoms with Gasteiger partial charge in [0.2, 0.25) is 10.0 Å². The summed E-state index contributed by atoms with van der Waals surface area (Å²) in [5.41, 5.74) is -0.335. The number of nitrogens with zero attached hydrogens (tertiary/aromatic N) is 4. The number of carboxylic acid groups (broad SMARTS) is 1. The average molecular weight is 515 g/mol. The molecule has 0 amide bonds. The van der Waals surface area contributed by atoms with E-state index in [0.29, 0.717) is 0 Å². The largest absolute Gasteiger partial charge is 0.494 e. The fourth-order valence-electron chi connectivity index (χ4n) is 3.08. The molecule has 0 radical (unpaired) electrons. The van der Waals surface area contributed by atoms with Gasteiger partial charge in [0.15, 0.2) is 0 Å². The van der Waals surface area contributed by atoms with Crippen LogP contribution < -0.4 is 9.75 Å². The number of carbonyl (C=O) groups is 1. The van der Waals surface area contributed by atoms with Gasteiger partial charge in [0, 0.05) is 19.6 Å². The molecule has 0 saturated heterocycles. The summed E-state index contributed by atoms with van der Waals surface area (Å²) < 4.78 is 64.2. The number of rotatable bonds is 11. The lowest BCUT2D eigenvalue weighted by Crippen LogP contribution is -2.30. The van der Waals surface area contributed by atoms with Crippen molar-refractivity contribution in [3.63, 3.8) is 0 Å². The first-order valence-corrected chi connectivity index (χ1v) is 13.0. The predicted octanol–water partition coefficient (Wildman–Crippen LogP) is 3.20. The lowest BCUT2D eigenvalue weighted by atomic mass is 10.1. The fraction of sp³-hybridized carbons (Fsp3) is 0.350. The van der Waals surface area contributed by atoms with E-state index >= 15 is 0 Å². The molecular weight excluding hydrogens is 488 g/mol. The van der Waals surface area contributed by atoms with Gasteiger partial charge >= 0.3 is 5.97 Å². The molecule has 2 aromatic carbocycles. The maximum atomic E-state index is 12.9. The number of methoxy groups -OCH3 is 1. The number of benzene rings is 2. The van der Waals surface area contributed by atoms with Crippen molar-refractivity contribution < 1.29 is 36.0 Å². The summed E-state index contributed by atoms with van der Waals surface area (Å²) in [7, 11) is -7.02. The van der Waals surface area contributed by atoms with Gasteiger partial charge in [-0.05, 0) is 43.3 Å². The Morgan fingerprint density at radius 1 is 0.971 bits per heavy atom.